The highest BCUT2D eigenvalue weighted by Crippen LogP contribution is 2.31. The Labute approximate surface area is 199 Å². The van der Waals surface area contributed by atoms with Gasteiger partial charge in [-0.15, -0.1) is 11.3 Å². The third-order valence-corrected chi connectivity index (χ3v) is 7.48. The molecule has 0 saturated carbocycles. The number of methoxy groups -OCH3 is 2. The van der Waals surface area contributed by atoms with Gasteiger partial charge in [0.05, 0.1) is 43.1 Å². The summed E-state index contributed by atoms with van der Waals surface area (Å²) in [5.41, 5.74) is 1.97. The standard InChI is InChI=1S/C25H32N4O3S/c1-17(20-15-19(31-3)9-10-22(20)32-4)26-24(30)16-28-11-13-29(14-12-28)18(2)25-27-21-7-5-6-8-23(21)33-25/h5-10,15,17-18H,11-14,16H2,1-4H3,(H,26,30)/t17-,18+/m1/s1. The van der Waals surface area contributed by atoms with Crippen molar-refractivity contribution >= 4 is 27.5 Å². The van der Waals surface area contributed by atoms with Gasteiger partial charge >= 0.3 is 0 Å². The van der Waals surface area contributed by atoms with Crippen LogP contribution in [0.2, 0.25) is 0 Å². The van der Waals surface area contributed by atoms with E-state index in [2.05, 4.69) is 40.2 Å². The van der Waals surface area contributed by atoms with E-state index in [0.717, 1.165) is 53.8 Å². The Hall–Kier alpha value is -2.68. The van der Waals surface area contributed by atoms with E-state index in [-0.39, 0.29) is 18.0 Å². The minimum absolute atomic E-state index is 0.0139. The van der Waals surface area contributed by atoms with E-state index in [4.69, 9.17) is 14.5 Å². The molecule has 3 aromatic rings. The molecule has 2 heterocycles. The molecule has 1 amide bonds. The second kappa shape index (κ2) is 10.5. The minimum atomic E-state index is -0.178. The lowest BCUT2D eigenvalue weighted by molar-refractivity contribution is -0.123. The second-order valence-corrected chi connectivity index (χ2v) is 9.47. The number of ether oxygens (including phenoxy) is 2. The van der Waals surface area contributed by atoms with Crippen LogP contribution in [0, 0.1) is 0 Å². The quantitative estimate of drug-likeness (QED) is 0.541. The van der Waals surface area contributed by atoms with Crippen LogP contribution in [0.4, 0.5) is 0 Å². The Bertz CT molecular complexity index is 1060. The third kappa shape index (κ3) is 5.46. The number of thiazole rings is 1. The molecular formula is C25H32N4O3S. The van der Waals surface area contributed by atoms with Crippen molar-refractivity contribution < 1.29 is 14.3 Å². The van der Waals surface area contributed by atoms with Crippen LogP contribution in [0.25, 0.3) is 10.2 Å². The summed E-state index contributed by atoms with van der Waals surface area (Å²) in [6, 6.07) is 14.0. The predicted octanol–water partition coefficient (Wildman–Crippen LogP) is 3.87. The fraction of sp³-hybridized carbons (Fsp3) is 0.440. The molecule has 0 aliphatic carbocycles. The molecule has 1 fully saturated rings. The first-order chi connectivity index (χ1) is 16.0. The molecule has 7 nitrogen and oxygen atoms in total. The molecule has 1 aromatic heterocycles. The molecular weight excluding hydrogens is 436 g/mol. The first-order valence-corrected chi connectivity index (χ1v) is 12.1. The summed E-state index contributed by atoms with van der Waals surface area (Å²) in [6.07, 6.45) is 0. The van der Waals surface area contributed by atoms with Crippen LogP contribution in [0.5, 0.6) is 11.5 Å². The highest BCUT2D eigenvalue weighted by atomic mass is 32.1. The number of aromatic nitrogens is 1. The molecule has 2 aromatic carbocycles. The smallest absolute Gasteiger partial charge is 0.234 e. The fourth-order valence-corrected chi connectivity index (χ4v) is 5.33. The average molecular weight is 469 g/mol. The molecule has 0 spiro atoms. The lowest BCUT2D eigenvalue weighted by Crippen LogP contribution is -2.50. The highest BCUT2D eigenvalue weighted by Gasteiger charge is 2.25. The van der Waals surface area contributed by atoms with Gasteiger partial charge in [0.1, 0.15) is 16.5 Å². The number of hydrogen-bond acceptors (Lipinski definition) is 7. The number of fused-ring (bicyclic) bond motifs is 1. The van der Waals surface area contributed by atoms with Crippen molar-refractivity contribution in [1.82, 2.24) is 20.1 Å². The molecule has 1 saturated heterocycles. The molecule has 2 atom stereocenters. The van der Waals surface area contributed by atoms with Crippen LogP contribution in [0.3, 0.4) is 0 Å². The van der Waals surface area contributed by atoms with Crippen molar-refractivity contribution in [2.45, 2.75) is 25.9 Å². The molecule has 1 N–H and O–H groups in total. The number of nitrogens with zero attached hydrogens (tertiary/aromatic N) is 3. The van der Waals surface area contributed by atoms with E-state index < -0.39 is 0 Å². The van der Waals surface area contributed by atoms with Gasteiger partial charge in [-0.3, -0.25) is 14.6 Å². The topological polar surface area (TPSA) is 66.9 Å². The summed E-state index contributed by atoms with van der Waals surface area (Å²) in [7, 11) is 3.26. The van der Waals surface area contributed by atoms with Crippen molar-refractivity contribution in [2.75, 3.05) is 46.9 Å². The van der Waals surface area contributed by atoms with Crippen molar-refractivity contribution in [3.05, 3.63) is 53.0 Å². The third-order valence-electron chi connectivity index (χ3n) is 6.27. The van der Waals surface area contributed by atoms with Crippen LogP contribution < -0.4 is 14.8 Å². The molecule has 0 radical (unpaired) electrons. The number of carbonyl (C=O) groups excluding carboxylic acids is 1. The normalized spacial score (nSPS) is 17.0. The number of rotatable bonds is 8. The number of piperazine rings is 1. The van der Waals surface area contributed by atoms with Crippen LogP contribution >= 0.6 is 11.3 Å². The van der Waals surface area contributed by atoms with Gasteiger partial charge in [-0.1, -0.05) is 12.1 Å². The Kier molecular flexibility index (Phi) is 7.47. The van der Waals surface area contributed by atoms with E-state index in [9.17, 15) is 4.79 Å². The SMILES string of the molecule is COc1ccc(OC)c([C@@H](C)NC(=O)CN2CCN([C@@H](C)c3nc4ccccc4s3)CC2)c1. The van der Waals surface area contributed by atoms with Gasteiger partial charge in [0.15, 0.2) is 0 Å². The lowest BCUT2D eigenvalue weighted by atomic mass is 10.1. The van der Waals surface area contributed by atoms with E-state index in [1.54, 1.807) is 25.6 Å². The molecule has 33 heavy (non-hydrogen) atoms. The summed E-state index contributed by atoms with van der Waals surface area (Å²) in [5.74, 6) is 1.49. The van der Waals surface area contributed by atoms with Crippen molar-refractivity contribution in [3.63, 3.8) is 0 Å². The second-order valence-electron chi connectivity index (χ2n) is 8.41. The van der Waals surface area contributed by atoms with Crippen LogP contribution in [-0.2, 0) is 4.79 Å². The van der Waals surface area contributed by atoms with Gasteiger partial charge in [0.2, 0.25) is 5.91 Å². The molecule has 0 bridgehead atoms. The largest absolute Gasteiger partial charge is 0.497 e. The Morgan fingerprint density at radius 1 is 1.09 bits per heavy atom. The number of para-hydroxylation sites is 1. The zero-order valence-corrected chi connectivity index (χ0v) is 20.5. The summed E-state index contributed by atoms with van der Waals surface area (Å²) in [6.45, 7) is 8.14. The van der Waals surface area contributed by atoms with E-state index >= 15 is 0 Å². The fourth-order valence-electron chi connectivity index (χ4n) is 4.28. The van der Waals surface area contributed by atoms with Crippen molar-refractivity contribution in [3.8, 4) is 11.5 Å². The molecule has 0 unspecified atom stereocenters. The van der Waals surface area contributed by atoms with E-state index in [1.807, 2.05) is 31.2 Å². The van der Waals surface area contributed by atoms with Gasteiger partial charge in [-0.25, -0.2) is 4.98 Å². The number of nitrogens with one attached hydrogen (secondary N) is 1. The van der Waals surface area contributed by atoms with Gasteiger partial charge in [0, 0.05) is 31.7 Å². The van der Waals surface area contributed by atoms with Crippen LogP contribution in [0.15, 0.2) is 42.5 Å². The molecule has 176 valence electrons. The first-order valence-electron chi connectivity index (χ1n) is 11.3. The summed E-state index contributed by atoms with van der Waals surface area (Å²) >= 11 is 1.77. The number of benzene rings is 2. The first kappa shape index (κ1) is 23.5. The van der Waals surface area contributed by atoms with Crippen LogP contribution in [-0.4, -0.2) is 67.6 Å². The maximum Gasteiger partial charge on any atom is 0.234 e. The number of hydrogen-bond donors (Lipinski definition) is 1. The summed E-state index contributed by atoms with van der Waals surface area (Å²) < 4.78 is 12.0. The molecule has 1 aliphatic heterocycles. The average Bonchev–Trinajstić information content (AvgIpc) is 3.28. The highest BCUT2D eigenvalue weighted by molar-refractivity contribution is 7.18. The van der Waals surface area contributed by atoms with Crippen molar-refractivity contribution in [1.29, 1.82) is 0 Å². The van der Waals surface area contributed by atoms with Gasteiger partial charge < -0.3 is 14.8 Å². The molecule has 4 rings (SSSR count). The van der Waals surface area contributed by atoms with Gasteiger partial charge in [-0.2, -0.15) is 0 Å². The Balaban J connectivity index is 1.29. The predicted molar refractivity (Wildman–Crippen MR) is 132 cm³/mol. The lowest BCUT2D eigenvalue weighted by Gasteiger charge is -2.37. The number of carbonyl (C=O) groups is 1. The van der Waals surface area contributed by atoms with E-state index in [1.165, 1.54) is 4.70 Å². The molecule has 8 heteroatoms. The maximum absolute atomic E-state index is 12.7. The Morgan fingerprint density at radius 2 is 1.85 bits per heavy atom. The number of amides is 1. The maximum atomic E-state index is 12.7. The molecule has 1 aliphatic rings. The van der Waals surface area contributed by atoms with Crippen LogP contribution in [0.1, 0.15) is 36.5 Å². The zero-order chi connectivity index (χ0) is 23.4. The monoisotopic (exact) mass is 468 g/mol. The summed E-state index contributed by atoms with van der Waals surface area (Å²) in [4.78, 5) is 22.2. The minimum Gasteiger partial charge on any atom is -0.497 e. The van der Waals surface area contributed by atoms with Gasteiger partial charge in [0.25, 0.3) is 0 Å². The Morgan fingerprint density at radius 3 is 2.55 bits per heavy atom. The van der Waals surface area contributed by atoms with Crippen molar-refractivity contribution in [2.24, 2.45) is 0 Å². The zero-order valence-electron chi connectivity index (χ0n) is 19.7. The van der Waals surface area contributed by atoms with Gasteiger partial charge in [-0.05, 0) is 44.2 Å². The van der Waals surface area contributed by atoms with E-state index in [0.29, 0.717) is 6.54 Å². The summed E-state index contributed by atoms with van der Waals surface area (Å²) in [5, 5.41) is 4.26.